The molecule has 0 aliphatic heterocycles. The fourth-order valence-corrected chi connectivity index (χ4v) is 4.38. The van der Waals surface area contributed by atoms with Gasteiger partial charge in [-0.05, 0) is 54.4 Å². The Labute approximate surface area is 183 Å². The van der Waals surface area contributed by atoms with Gasteiger partial charge in [0.1, 0.15) is 5.75 Å². The number of carbonyl (C=O) groups is 1. The predicted molar refractivity (Wildman–Crippen MR) is 122 cm³/mol. The van der Waals surface area contributed by atoms with Crippen molar-refractivity contribution in [3.63, 3.8) is 0 Å². The van der Waals surface area contributed by atoms with E-state index in [0.717, 1.165) is 16.9 Å². The van der Waals surface area contributed by atoms with E-state index < -0.39 is 10.0 Å². The lowest BCUT2D eigenvalue weighted by Gasteiger charge is -2.20. The summed E-state index contributed by atoms with van der Waals surface area (Å²) < 4.78 is 31.9. The summed E-state index contributed by atoms with van der Waals surface area (Å²) in [6.07, 6.45) is 0.204. The summed E-state index contributed by atoms with van der Waals surface area (Å²) in [4.78, 5) is 12.7. The van der Waals surface area contributed by atoms with E-state index >= 15 is 0 Å². The van der Waals surface area contributed by atoms with E-state index in [1.54, 1.807) is 61.7 Å². The number of amides is 1. The van der Waals surface area contributed by atoms with Crippen LogP contribution >= 0.6 is 0 Å². The van der Waals surface area contributed by atoms with Crippen molar-refractivity contribution < 1.29 is 17.9 Å². The van der Waals surface area contributed by atoms with Crippen molar-refractivity contribution in [3.05, 3.63) is 90.0 Å². The summed E-state index contributed by atoms with van der Waals surface area (Å²) in [6.45, 7) is 1.92. The SMILES string of the molecule is COc1ccc([C@H](C)NC(=O)Cc2ccc(N(C)S(=O)(=O)c3ccccc3)cc2)cc1. The first-order valence-corrected chi connectivity index (χ1v) is 11.3. The van der Waals surface area contributed by atoms with Gasteiger partial charge in [-0.15, -0.1) is 0 Å². The fraction of sp³-hybridized carbons (Fsp3) is 0.208. The van der Waals surface area contributed by atoms with E-state index in [0.29, 0.717) is 5.69 Å². The van der Waals surface area contributed by atoms with Crippen molar-refractivity contribution in [2.75, 3.05) is 18.5 Å². The number of carbonyl (C=O) groups excluding carboxylic acids is 1. The first-order valence-electron chi connectivity index (χ1n) is 9.87. The van der Waals surface area contributed by atoms with Crippen LogP contribution in [0.1, 0.15) is 24.1 Å². The zero-order valence-corrected chi connectivity index (χ0v) is 18.6. The number of anilines is 1. The van der Waals surface area contributed by atoms with E-state index in [1.165, 1.54) is 11.4 Å². The number of hydrogen-bond donors (Lipinski definition) is 1. The highest BCUT2D eigenvalue weighted by Crippen LogP contribution is 2.22. The number of nitrogens with one attached hydrogen (secondary N) is 1. The van der Waals surface area contributed by atoms with Gasteiger partial charge in [0.25, 0.3) is 10.0 Å². The Bertz CT molecular complexity index is 1110. The second-order valence-corrected chi connectivity index (χ2v) is 9.16. The molecule has 0 saturated carbocycles. The molecule has 3 rings (SSSR count). The minimum atomic E-state index is -3.63. The lowest BCUT2D eigenvalue weighted by molar-refractivity contribution is -0.121. The van der Waals surface area contributed by atoms with Crippen molar-refractivity contribution in [1.82, 2.24) is 5.32 Å². The molecule has 7 heteroatoms. The van der Waals surface area contributed by atoms with Crippen molar-refractivity contribution in [2.24, 2.45) is 0 Å². The Morgan fingerprint density at radius 1 is 0.968 bits per heavy atom. The third-order valence-electron chi connectivity index (χ3n) is 5.06. The van der Waals surface area contributed by atoms with Crippen LogP contribution in [-0.4, -0.2) is 28.5 Å². The van der Waals surface area contributed by atoms with Gasteiger partial charge >= 0.3 is 0 Å². The molecule has 31 heavy (non-hydrogen) atoms. The molecule has 1 atom stereocenters. The molecule has 0 heterocycles. The van der Waals surface area contributed by atoms with Crippen LogP contribution in [0.15, 0.2) is 83.8 Å². The molecule has 0 bridgehead atoms. The van der Waals surface area contributed by atoms with Gasteiger partial charge in [0.15, 0.2) is 0 Å². The number of methoxy groups -OCH3 is 1. The molecule has 3 aromatic carbocycles. The van der Waals surface area contributed by atoms with Crippen molar-refractivity contribution in [3.8, 4) is 5.75 Å². The summed E-state index contributed by atoms with van der Waals surface area (Å²) >= 11 is 0. The summed E-state index contributed by atoms with van der Waals surface area (Å²) in [7, 11) is -0.509. The van der Waals surface area contributed by atoms with E-state index in [2.05, 4.69) is 5.32 Å². The summed E-state index contributed by atoms with van der Waals surface area (Å²) in [6, 6.07) is 22.6. The van der Waals surface area contributed by atoms with Gasteiger partial charge < -0.3 is 10.1 Å². The molecular formula is C24H26N2O4S. The highest BCUT2D eigenvalue weighted by atomic mass is 32.2. The minimum Gasteiger partial charge on any atom is -0.497 e. The van der Waals surface area contributed by atoms with Gasteiger partial charge in [-0.1, -0.05) is 42.5 Å². The third kappa shape index (κ3) is 5.44. The smallest absolute Gasteiger partial charge is 0.264 e. The third-order valence-corrected chi connectivity index (χ3v) is 6.86. The van der Waals surface area contributed by atoms with Gasteiger partial charge in [0.2, 0.25) is 5.91 Å². The maximum absolute atomic E-state index is 12.7. The average Bonchev–Trinajstić information content (AvgIpc) is 2.79. The molecule has 6 nitrogen and oxygen atoms in total. The van der Waals surface area contributed by atoms with Crippen LogP contribution in [0.25, 0.3) is 0 Å². The normalized spacial score (nSPS) is 12.1. The minimum absolute atomic E-state index is 0.110. The number of sulfonamides is 1. The van der Waals surface area contributed by atoms with Gasteiger partial charge in [-0.25, -0.2) is 8.42 Å². The van der Waals surface area contributed by atoms with Crippen LogP contribution in [0.3, 0.4) is 0 Å². The Kier molecular flexibility index (Phi) is 6.97. The second kappa shape index (κ2) is 9.66. The van der Waals surface area contributed by atoms with Gasteiger partial charge in [0, 0.05) is 7.05 Å². The molecule has 1 N–H and O–H groups in total. The zero-order valence-electron chi connectivity index (χ0n) is 17.8. The molecule has 0 aliphatic carbocycles. The Balaban J connectivity index is 1.62. The first-order chi connectivity index (χ1) is 14.8. The lowest BCUT2D eigenvalue weighted by Crippen LogP contribution is -2.28. The summed E-state index contributed by atoms with van der Waals surface area (Å²) in [5.74, 6) is 0.656. The zero-order chi connectivity index (χ0) is 22.4. The van der Waals surface area contributed by atoms with Crippen molar-refractivity contribution in [1.29, 1.82) is 0 Å². The van der Waals surface area contributed by atoms with Crippen molar-refractivity contribution >= 4 is 21.6 Å². The van der Waals surface area contributed by atoms with Crippen LogP contribution in [0, 0.1) is 0 Å². The lowest BCUT2D eigenvalue weighted by atomic mass is 10.1. The van der Waals surface area contributed by atoms with Crippen molar-refractivity contribution in [2.45, 2.75) is 24.3 Å². The summed E-state index contributed by atoms with van der Waals surface area (Å²) in [5, 5.41) is 2.98. The monoisotopic (exact) mass is 438 g/mol. The highest BCUT2D eigenvalue weighted by molar-refractivity contribution is 7.92. The molecule has 0 radical (unpaired) electrons. The predicted octanol–water partition coefficient (Wildman–Crippen LogP) is 3.94. The quantitative estimate of drug-likeness (QED) is 0.578. The molecule has 0 unspecified atom stereocenters. The van der Waals surface area contributed by atoms with E-state index in [4.69, 9.17) is 4.74 Å². The number of ether oxygens (including phenoxy) is 1. The van der Waals surface area contributed by atoms with Gasteiger partial charge in [0.05, 0.1) is 30.2 Å². The van der Waals surface area contributed by atoms with Crippen LogP contribution in [0.5, 0.6) is 5.75 Å². The van der Waals surface area contributed by atoms with Crippen LogP contribution in [0.4, 0.5) is 5.69 Å². The maximum atomic E-state index is 12.7. The Hall–Kier alpha value is -3.32. The Morgan fingerprint density at radius 3 is 2.16 bits per heavy atom. The molecule has 1 amide bonds. The first kappa shape index (κ1) is 22.4. The number of hydrogen-bond acceptors (Lipinski definition) is 4. The molecule has 3 aromatic rings. The topological polar surface area (TPSA) is 75.7 Å². The number of rotatable bonds is 8. The number of nitrogens with zero attached hydrogens (tertiary/aromatic N) is 1. The molecule has 0 saturated heterocycles. The fourth-order valence-electron chi connectivity index (χ4n) is 3.17. The van der Waals surface area contributed by atoms with E-state index in [1.807, 2.05) is 31.2 Å². The Morgan fingerprint density at radius 2 is 1.58 bits per heavy atom. The van der Waals surface area contributed by atoms with Crippen LogP contribution < -0.4 is 14.4 Å². The second-order valence-electron chi connectivity index (χ2n) is 7.19. The van der Waals surface area contributed by atoms with Crippen LogP contribution in [-0.2, 0) is 21.2 Å². The largest absolute Gasteiger partial charge is 0.497 e. The molecule has 0 fully saturated rings. The number of benzene rings is 3. The standard InChI is InChI=1S/C24H26N2O4S/c1-18(20-11-15-22(30-3)16-12-20)25-24(27)17-19-9-13-21(14-10-19)26(2)31(28,29)23-7-5-4-6-8-23/h4-16,18H,17H2,1-3H3,(H,25,27)/t18-/m0/s1. The maximum Gasteiger partial charge on any atom is 0.264 e. The highest BCUT2D eigenvalue weighted by Gasteiger charge is 2.21. The molecule has 0 aromatic heterocycles. The van der Waals surface area contributed by atoms with E-state index in [9.17, 15) is 13.2 Å². The summed E-state index contributed by atoms with van der Waals surface area (Å²) in [5.41, 5.74) is 2.31. The molecular weight excluding hydrogens is 412 g/mol. The molecule has 0 spiro atoms. The molecule has 162 valence electrons. The van der Waals surface area contributed by atoms with E-state index in [-0.39, 0.29) is 23.3 Å². The van der Waals surface area contributed by atoms with Crippen LogP contribution in [0.2, 0.25) is 0 Å². The molecule has 0 aliphatic rings. The average molecular weight is 439 g/mol. The van der Waals surface area contributed by atoms with Gasteiger partial charge in [-0.2, -0.15) is 0 Å². The van der Waals surface area contributed by atoms with Gasteiger partial charge in [-0.3, -0.25) is 9.10 Å².